The molecule has 10 heteroatoms. The van der Waals surface area contributed by atoms with Gasteiger partial charge in [0.05, 0.1) is 34.9 Å². The second kappa shape index (κ2) is 10.2. The number of hydrogen-bond acceptors (Lipinski definition) is 7. The number of carbonyl (C=O) groups is 1. The van der Waals surface area contributed by atoms with E-state index in [1.807, 2.05) is 19.9 Å². The van der Waals surface area contributed by atoms with Gasteiger partial charge in [-0.15, -0.1) is 11.3 Å². The molecule has 174 valence electrons. The zero-order valence-corrected chi connectivity index (χ0v) is 20.6. The van der Waals surface area contributed by atoms with Crippen molar-refractivity contribution in [1.29, 1.82) is 5.26 Å². The second-order valence-electron chi connectivity index (χ2n) is 8.57. The molecule has 1 amide bonds. The number of halogens is 1. The predicted octanol–water partition coefficient (Wildman–Crippen LogP) is 3.91. The fourth-order valence-corrected chi connectivity index (χ4v) is 5.54. The molecule has 0 spiro atoms. The van der Waals surface area contributed by atoms with Crippen LogP contribution in [0.3, 0.4) is 0 Å². The van der Waals surface area contributed by atoms with Gasteiger partial charge in [0, 0.05) is 0 Å². The Bertz CT molecular complexity index is 1150. The van der Waals surface area contributed by atoms with E-state index in [1.54, 1.807) is 13.8 Å². The van der Waals surface area contributed by atoms with Crippen LogP contribution in [0, 0.1) is 17.1 Å². The molecule has 0 bridgehead atoms. The van der Waals surface area contributed by atoms with Gasteiger partial charge in [-0.05, 0) is 48.4 Å². The van der Waals surface area contributed by atoms with E-state index in [0.717, 1.165) is 11.3 Å². The van der Waals surface area contributed by atoms with Crippen molar-refractivity contribution in [3.8, 4) is 6.07 Å². The van der Waals surface area contributed by atoms with E-state index in [2.05, 4.69) is 9.35 Å². The lowest BCUT2D eigenvalue weighted by molar-refractivity contribution is -0.117. The summed E-state index contributed by atoms with van der Waals surface area (Å²) < 4.78 is 31.6. The summed E-state index contributed by atoms with van der Waals surface area (Å²) in [6.45, 7) is 9.82. The van der Waals surface area contributed by atoms with Crippen LogP contribution in [0.25, 0.3) is 0 Å². The van der Waals surface area contributed by atoms with Gasteiger partial charge < -0.3 is 10.2 Å². The van der Waals surface area contributed by atoms with E-state index in [-0.39, 0.29) is 44.3 Å². The Labute approximate surface area is 193 Å². The molecule has 0 saturated heterocycles. The summed E-state index contributed by atoms with van der Waals surface area (Å²) in [5, 5.41) is 29.2. The van der Waals surface area contributed by atoms with Crippen LogP contribution in [-0.2, 0) is 34.0 Å². The van der Waals surface area contributed by atoms with Crippen LogP contribution in [0.1, 0.15) is 86.3 Å². The molecule has 32 heavy (non-hydrogen) atoms. The van der Waals surface area contributed by atoms with Gasteiger partial charge in [0.15, 0.2) is 0 Å². The standard InChI is InChI=1S/C22H28FN3O4S2/c1-11(2)14-7-13(9-24)19(23)18(12(3)4)15(14)8-17(28)26-32(30)20-16(10-27)25-21(31-20)22(5,6)29/h7,11-12,27,29,32H,8,10H2,1-6H3. The summed E-state index contributed by atoms with van der Waals surface area (Å²) in [6, 6.07) is 3.32. The minimum Gasteiger partial charge on any atom is -0.390 e. The summed E-state index contributed by atoms with van der Waals surface area (Å²) in [5.41, 5.74) is 0.125. The number of hydrogen-bond donors (Lipinski definition) is 3. The topological polar surface area (TPSA) is 124 Å². The number of nitrogens with zero attached hydrogens (tertiary/aromatic N) is 3. The Balaban J connectivity index is 2.53. The third-order valence-electron chi connectivity index (χ3n) is 4.82. The van der Waals surface area contributed by atoms with Crippen LogP contribution in [0.5, 0.6) is 0 Å². The molecule has 1 aromatic heterocycles. The smallest absolute Gasteiger partial charge is 0.258 e. The number of thiazole rings is 1. The van der Waals surface area contributed by atoms with Crippen LogP contribution < -0.4 is 0 Å². The number of aliphatic hydroxyl groups is 2. The Morgan fingerprint density at radius 3 is 2.44 bits per heavy atom. The molecule has 1 unspecified atom stereocenters. The average molecular weight is 482 g/mol. The van der Waals surface area contributed by atoms with Gasteiger partial charge in [-0.1, -0.05) is 27.7 Å². The Hall–Kier alpha value is -2.19. The summed E-state index contributed by atoms with van der Waals surface area (Å²) >= 11 is 0.924. The quantitative estimate of drug-likeness (QED) is 0.515. The van der Waals surface area contributed by atoms with Crippen LogP contribution in [0.15, 0.2) is 14.6 Å². The van der Waals surface area contributed by atoms with E-state index < -0.39 is 34.5 Å². The fraction of sp³-hybridized carbons (Fsp3) is 0.500. The SMILES string of the molecule is CC(C)c1cc(C#N)c(F)c(C(C)C)c1CC(=O)/N=[SH](=O)\c1sc(C(C)(C)O)nc1CO. The molecule has 0 fully saturated rings. The van der Waals surface area contributed by atoms with Gasteiger partial charge in [-0.3, -0.25) is 4.79 Å². The molecule has 0 aliphatic carbocycles. The Kier molecular flexibility index (Phi) is 8.28. The number of rotatable bonds is 7. The van der Waals surface area contributed by atoms with Crippen LogP contribution in [0.2, 0.25) is 0 Å². The monoisotopic (exact) mass is 481 g/mol. The highest BCUT2D eigenvalue weighted by Crippen LogP contribution is 2.33. The molecule has 1 atom stereocenters. The van der Waals surface area contributed by atoms with Gasteiger partial charge in [-0.2, -0.15) is 9.62 Å². The van der Waals surface area contributed by atoms with E-state index in [4.69, 9.17) is 0 Å². The summed E-state index contributed by atoms with van der Waals surface area (Å²) in [6.07, 6.45) is -0.268. The van der Waals surface area contributed by atoms with Crippen LogP contribution in [-0.4, -0.2) is 25.3 Å². The maximum atomic E-state index is 14.9. The lowest BCUT2D eigenvalue weighted by atomic mass is 9.85. The first-order chi connectivity index (χ1) is 14.8. The lowest BCUT2D eigenvalue weighted by Gasteiger charge is -2.20. The largest absolute Gasteiger partial charge is 0.390 e. The lowest BCUT2D eigenvalue weighted by Crippen LogP contribution is -2.14. The van der Waals surface area contributed by atoms with Gasteiger partial charge in [-0.25, -0.2) is 13.6 Å². The zero-order chi connectivity index (χ0) is 24.4. The molecular weight excluding hydrogens is 453 g/mol. The molecule has 0 radical (unpaired) electrons. The minimum absolute atomic E-state index is 0.0754. The van der Waals surface area contributed by atoms with Gasteiger partial charge in [0.1, 0.15) is 26.7 Å². The number of aliphatic hydroxyl groups excluding tert-OH is 1. The minimum atomic E-state index is -2.57. The van der Waals surface area contributed by atoms with Crippen LogP contribution >= 0.6 is 11.3 Å². The summed E-state index contributed by atoms with van der Waals surface area (Å²) in [5.74, 6) is -1.72. The molecule has 1 aromatic carbocycles. The van der Waals surface area contributed by atoms with Gasteiger partial charge >= 0.3 is 0 Å². The van der Waals surface area contributed by atoms with Crippen molar-refractivity contribution >= 4 is 27.8 Å². The Morgan fingerprint density at radius 2 is 1.97 bits per heavy atom. The number of carbonyl (C=O) groups excluding carboxylic acids is 1. The van der Waals surface area contributed by atoms with E-state index in [0.29, 0.717) is 11.1 Å². The summed E-state index contributed by atoms with van der Waals surface area (Å²) in [4.78, 5) is 16.9. The third kappa shape index (κ3) is 5.59. The maximum absolute atomic E-state index is 14.9. The number of thiol groups is 1. The van der Waals surface area contributed by atoms with Crippen molar-refractivity contribution in [1.82, 2.24) is 4.98 Å². The van der Waals surface area contributed by atoms with E-state index >= 15 is 0 Å². The molecule has 1 heterocycles. The molecule has 0 aliphatic heterocycles. The molecule has 2 rings (SSSR count). The Morgan fingerprint density at radius 1 is 1.34 bits per heavy atom. The molecule has 2 N–H and O–H groups in total. The fourth-order valence-electron chi connectivity index (χ4n) is 3.33. The van der Waals surface area contributed by atoms with E-state index in [1.165, 1.54) is 19.9 Å². The predicted molar refractivity (Wildman–Crippen MR) is 122 cm³/mol. The first-order valence-corrected chi connectivity index (χ1v) is 12.1. The van der Waals surface area contributed by atoms with Gasteiger partial charge in [0.2, 0.25) is 0 Å². The molecule has 0 saturated carbocycles. The first kappa shape index (κ1) is 26.1. The molecule has 2 aromatic rings. The van der Waals surface area contributed by atoms with Crippen molar-refractivity contribution in [2.24, 2.45) is 4.36 Å². The van der Waals surface area contributed by atoms with Crippen molar-refractivity contribution in [3.05, 3.63) is 44.8 Å². The number of amides is 1. The first-order valence-electron chi connectivity index (χ1n) is 10.1. The maximum Gasteiger partial charge on any atom is 0.258 e. The molecule has 7 nitrogen and oxygen atoms in total. The van der Waals surface area contributed by atoms with Crippen molar-refractivity contribution in [3.63, 3.8) is 0 Å². The molecular formula is C22H28FN3O4S2. The molecule has 0 aliphatic rings. The van der Waals surface area contributed by atoms with Crippen molar-refractivity contribution < 1.29 is 23.6 Å². The average Bonchev–Trinajstić information content (AvgIpc) is 3.12. The van der Waals surface area contributed by atoms with Crippen molar-refractivity contribution in [2.45, 2.75) is 76.2 Å². The number of benzene rings is 1. The third-order valence-corrected chi connectivity index (χ3v) is 7.79. The highest BCUT2D eigenvalue weighted by Gasteiger charge is 2.25. The highest BCUT2D eigenvalue weighted by molar-refractivity contribution is 7.78. The highest BCUT2D eigenvalue weighted by atomic mass is 32.2. The summed E-state index contributed by atoms with van der Waals surface area (Å²) in [7, 11) is -2.57. The number of aromatic nitrogens is 1. The van der Waals surface area contributed by atoms with Gasteiger partial charge in [0.25, 0.3) is 5.91 Å². The number of nitriles is 1. The zero-order valence-electron chi connectivity index (χ0n) is 18.9. The van der Waals surface area contributed by atoms with Crippen LogP contribution in [0.4, 0.5) is 4.39 Å². The second-order valence-corrected chi connectivity index (χ2v) is 11.1. The van der Waals surface area contributed by atoms with Crippen molar-refractivity contribution in [2.75, 3.05) is 0 Å². The van der Waals surface area contributed by atoms with E-state index in [9.17, 15) is 28.9 Å². The normalized spacial score (nSPS) is 13.1.